The van der Waals surface area contributed by atoms with E-state index in [1.165, 1.54) is 5.56 Å². The summed E-state index contributed by atoms with van der Waals surface area (Å²) in [6.07, 6.45) is 3.60. The highest BCUT2D eigenvalue weighted by molar-refractivity contribution is 6.01. The number of nitrogens with zero attached hydrogens (tertiary/aromatic N) is 2. The molecule has 2 aromatic rings. The average Bonchev–Trinajstić information content (AvgIpc) is 3.26. The quantitative estimate of drug-likeness (QED) is 0.516. The molecule has 0 unspecified atom stereocenters. The molecule has 150 valence electrons. The Bertz CT molecular complexity index is 937. The molecule has 0 aromatic heterocycles. The van der Waals surface area contributed by atoms with Crippen molar-refractivity contribution in [1.29, 1.82) is 5.26 Å². The van der Waals surface area contributed by atoms with Gasteiger partial charge in [0.05, 0.1) is 6.61 Å². The van der Waals surface area contributed by atoms with Crippen LogP contribution in [0, 0.1) is 18.3 Å². The first-order valence-electron chi connectivity index (χ1n) is 9.97. The molecule has 1 heterocycles. The zero-order valence-electron chi connectivity index (χ0n) is 17.0. The Morgan fingerprint density at radius 1 is 1.14 bits per heavy atom. The fourth-order valence-electron chi connectivity index (χ4n) is 3.36. The number of hydrogen-bond acceptors (Lipinski definition) is 4. The highest BCUT2D eigenvalue weighted by Crippen LogP contribution is 2.30. The van der Waals surface area contributed by atoms with Gasteiger partial charge in [0.25, 0.3) is 5.91 Å². The molecule has 1 fully saturated rings. The highest BCUT2D eigenvalue weighted by atomic mass is 16.5. The minimum absolute atomic E-state index is 0.141. The van der Waals surface area contributed by atoms with Gasteiger partial charge in [0, 0.05) is 13.1 Å². The Hall–Kier alpha value is -3.26. The van der Waals surface area contributed by atoms with Gasteiger partial charge in [-0.1, -0.05) is 35.9 Å². The molecule has 1 aliphatic heterocycles. The lowest BCUT2D eigenvalue weighted by atomic mass is 10.1. The largest absolute Gasteiger partial charge is 0.490 e. The summed E-state index contributed by atoms with van der Waals surface area (Å²) in [6, 6.07) is 15.7. The third kappa shape index (κ3) is 5.39. The smallest absolute Gasteiger partial charge is 0.264 e. The van der Waals surface area contributed by atoms with Crippen molar-refractivity contribution in [3.63, 3.8) is 0 Å². The maximum atomic E-state index is 12.5. The molecule has 5 nitrogen and oxygen atoms in total. The summed E-state index contributed by atoms with van der Waals surface area (Å²) in [6.45, 7) is 6.32. The summed E-state index contributed by atoms with van der Waals surface area (Å²) in [5.74, 6) is 1.03. The van der Waals surface area contributed by atoms with Crippen molar-refractivity contribution in [1.82, 2.24) is 4.90 Å². The molecule has 2 aromatic carbocycles. The Kier molecular flexibility index (Phi) is 6.91. The van der Waals surface area contributed by atoms with E-state index in [1.54, 1.807) is 11.0 Å². The van der Waals surface area contributed by atoms with E-state index in [1.807, 2.05) is 56.3 Å². The molecule has 5 heteroatoms. The van der Waals surface area contributed by atoms with Crippen LogP contribution < -0.4 is 9.47 Å². The Labute approximate surface area is 172 Å². The molecule has 29 heavy (non-hydrogen) atoms. The van der Waals surface area contributed by atoms with Gasteiger partial charge in [0.15, 0.2) is 11.5 Å². The summed E-state index contributed by atoms with van der Waals surface area (Å²) in [5.41, 5.74) is 3.14. The van der Waals surface area contributed by atoms with Crippen LogP contribution in [-0.4, -0.2) is 30.5 Å². The number of aryl methyl sites for hydroxylation is 1. The number of nitriles is 1. The summed E-state index contributed by atoms with van der Waals surface area (Å²) in [4.78, 5) is 14.3. The first-order chi connectivity index (χ1) is 14.1. The van der Waals surface area contributed by atoms with E-state index >= 15 is 0 Å². The van der Waals surface area contributed by atoms with Crippen LogP contribution in [0.3, 0.4) is 0 Å². The topological polar surface area (TPSA) is 62.6 Å². The van der Waals surface area contributed by atoms with Crippen LogP contribution >= 0.6 is 0 Å². The van der Waals surface area contributed by atoms with Crippen LogP contribution in [0.15, 0.2) is 48.0 Å². The van der Waals surface area contributed by atoms with Crippen LogP contribution in [-0.2, 0) is 11.4 Å². The molecule has 0 bridgehead atoms. The number of hydrogen-bond donors (Lipinski definition) is 0. The average molecular weight is 390 g/mol. The van der Waals surface area contributed by atoms with Crippen LogP contribution in [0.4, 0.5) is 0 Å². The van der Waals surface area contributed by atoms with E-state index in [9.17, 15) is 10.1 Å². The van der Waals surface area contributed by atoms with Gasteiger partial charge in [-0.25, -0.2) is 0 Å². The third-order valence-corrected chi connectivity index (χ3v) is 4.80. The highest BCUT2D eigenvalue weighted by Gasteiger charge is 2.21. The van der Waals surface area contributed by atoms with Gasteiger partial charge >= 0.3 is 0 Å². The maximum Gasteiger partial charge on any atom is 0.264 e. The van der Waals surface area contributed by atoms with Crippen molar-refractivity contribution in [2.24, 2.45) is 0 Å². The van der Waals surface area contributed by atoms with Crippen molar-refractivity contribution in [2.75, 3.05) is 19.7 Å². The van der Waals surface area contributed by atoms with Crippen molar-refractivity contribution >= 4 is 12.0 Å². The molecular formula is C24H26N2O3. The van der Waals surface area contributed by atoms with E-state index in [0.717, 1.165) is 24.0 Å². The van der Waals surface area contributed by atoms with Gasteiger partial charge in [0.2, 0.25) is 0 Å². The molecule has 3 rings (SSSR count). The second kappa shape index (κ2) is 9.79. The molecule has 0 spiro atoms. The lowest BCUT2D eigenvalue weighted by Gasteiger charge is -2.15. The van der Waals surface area contributed by atoms with Gasteiger partial charge in [-0.3, -0.25) is 4.79 Å². The van der Waals surface area contributed by atoms with E-state index in [4.69, 9.17) is 9.47 Å². The molecule has 0 aliphatic carbocycles. The van der Waals surface area contributed by atoms with Crippen molar-refractivity contribution in [3.8, 4) is 17.6 Å². The number of carbonyl (C=O) groups excluding carboxylic acids is 1. The van der Waals surface area contributed by atoms with Crippen LogP contribution in [0.5, 0.6) is 11.5 Å². The predicted molar refractivity (Wildman–Crippen MR) is 113 cm³/mol. The van der Waals surface area contributed by atoms with Crippen LogP contribution in [0.1, 0.15) is 36.5 Å². The zero-order chi connectivity index (χ0) is 20.6. The van der Waals surface area contributed by atoms with Crippen molar-refractivity contribution < 1.29 is 14.3 Å². The standard InChI is InChI=1S/C24H26N2O3/c1-3-28-23-15-19(14-21(16-25)24(27)26-11-4-5-12-26)9-10-22(23)29-17-20-8-6-7-18(2)13-20/h6-10,13-15H,3-5,11-12,17H2,1-2H3/b21-14+. The maximum absolute atomic E-state index is 12.5. The van der Waals surface area contributed by atoms with Gasteiger partial charge in [0.1, 0.15) is 18.2 Å². The lowest BCUT2D eigenvalue weighted by Crippen LogP contribution is -2.28. The van der Waals surface area contributed by atoms with Gasteiger partial charge in [-0.2, -0.15) is 5.26 Å². The zero-order valence-corrected chi connectivity index (χ0v) is 17.0. The fraction of sp³-hybridized carbons (Fsp3) is 0.333. The Balaban J connectivity index is 1.79. The lowest BCUT2D eigenvalue weighted by molar-refractivity contribution is -0.125. The van der Waals surface area contributed by atoms with Crippen molar-refractivity contribution in [3.05, 3.63) is 64.7 Å². The summed E-state index contributed by atoms with van der Waals surface area (Å²) >= 11 is 0. The minimum Gasteiger partial charge on any atom is -0.490 e. The molecule has 0 atom stereocenters. The van der Waals surface area contributed by atoms with Gasteiger partial charge in [-0.15, -0.1) is 0 Å². The second-order valence-electron chi connectivity index (χ2n) is 7.09. The van der Waals surface area contributed by atoms with Gasteiger partial charge in [-0.05, 0) is 56.0 Å². The monoisotopic (exact) mass is 390 g/mol. The number of amides is 1. The SMILES string of the molecule is CCOc1cc(/C=C(\C#N)C(=O)N2CCCC2)ccc1OCc1cccc(C)c1. The molecule has 1 saturated heterocycles. The van der Waals surface area contributed by atoms with E-state index < -0.39 is 0 Å². The number of ether oxygens (including phenoxy) is 2. The molecule has 1 amide bonds. The first-order valence-corrected chi connectivity index (χ1v) is 9.97. The van der Waals surface area contributed by atoms with E-state index in [-0.39, 0.29) is 11.5 Å². The minimum atomic E-state index is -0.206. The van der Waals surface area contributed by atoms with Crippen LogP contribution in [0.25, 0.3) is 6.08 Å². The number of carbonyl (C=O) groups is 1. The molecular weight excluding hydrogens is 364 g/mol. The number of benzene rings is 2. The van der Waals surface area contributed by atoms with Gasteiger partial charge < -0.3 is 14.4 Å². The van der Waals surface area contributed by atoms with E-state index in [0.29, 0.717) is 37.8 Å². The number of likely N-dealkylation sites (tertiary alicyclic amines) is 1. The Morgan fingerprint density at radius 3 is 2.62 bits per heavy atom. The predicted octanol–water partition coefficient (Wildman–Crippen LogP) is 4.50. The summed E-state index contributed by atoms with van der Waals surface area (Å²) in [7, 11) is 0. The van der Waals surface area contributed by atoms with Crippen LogP contribution in [0.2, 0.25) is 0 Å². The first kappa shape index (κ1) is 20.5. The number of rotatable bonds is 7. The second-order valence-corrected chi connectivity index (χ2v) is 7.09. The summed E-state index contributed by atoms with van der Waals surface area (Å²) < 4.78 is 11.7. The molecule has 1 aliphatic rings. The summed E-state index contributed by atoms with van der Waals surface area (Å²) in [5, 5.41) is 9.46. The van der Waals surface area contributed by atoms with Crippen molar-refractivity contribution in [2.45, 2.75) is 33.3 Å². The molecule has 0 N–H and O–H groups in total. The van der Waals surface area contributed by atoms with E-state index in [2.05, 4.69) is 6.07 Å². The Morgan fingerprint density at radius 2 is 1.93 bits per heavy atom. The normalized spacial score (nSPS) is 13.8. The fourth-order valence-corrected chi connectivity index (χ4v) is 3.36. The molecule has 0 saturated carbocycles. The molecule has 0 radical (unpaired) electrons. The third-order valence-electron chi connectivity index (χ3n) is 4.80.